The first-order chi connectivity index (χ1) is 18.7. The van der Waals surface area contributed by atoms with Gasteiger partial charge in [0.25, 0.3) is 6.04 Å². The maximum absolute atomic E-state index is 13.3. The summed E-state index contributed by atoms with van der Waals surface area (Å²) in [7, 11) is 0. The largest absolute Gasteiger partial charge is 0.371 e. The highest BCUT2D eigenvalue weighted by Crippen LogP contribution is 2.46. The van der Waals surface area contributed by atoms with E-state index < -0.39 is 0 Å². The molecule has 0 spiro atoms. The van der Waals surface area contributed by atoms with Crippen molar-refractivity contribution in [1.82, 2.24) is 15.0 Å². The average Bonchev–Trinajstić information content (AvgIpc) is 3.81. The van der Waals surface area contributed by atoms with Gasteiger partial charge in [-0.15, -0.1) is 5.01 Å². The molecular formula is C30H33N6O2+. The lowest BCUT2D eigenvalue weighted by Gasteiger charge is -2.38. The van der Waals surface area contributed by atoms with Crippen LogP contribution in [-0.4, -0.2) is 64.3 Å². The minimum absolute atomic E-state index is 0.0562. The Hall–Kier alpha value is -3.57. The van der Waals surface area contributed by atoms with E-state index in [2.05, 4.69) is 40.2 Å². The lowest BCUT2D eigenvalue weighted by atomic mass is 9.95. The van der Waals surface area contributed by atoms with Gasteiger partial charge >= 0.3 is 0 Å². The lowest BCUT2D eigenvalue weighted by molar-refractivity contribution is -0.729. The number of pyridine rings is 2. The fourth-order valence-electron chi connectivity index (χ4n) is 6.17. The maximum Gasteiger partial charge on any atom is 0.263 e. The summed E-state index contributed by atoms with van der Waals surface area (Å²) in [6.45, 7) is 4.67. The molecular weight excluding hydrogens is 476 g/mol. The molecule has 3 aromatic rings. The molecule has 4 aliphatic rings. The second-order valence-electron chi connectivity index (χ2n) is 11.2. The highest BCUT2D eigenvalue weighted by molar-refractivity contribution is 5.97. The number of piperazine rings is 1. The van der Waals surface area contributed by atoms with Gasteiger partial charge in [-0.2, -0.15) is 5.26 Å². The van der Waals surface area contributed by atoms with E-state index in [1.54, 1.807) is 0 Å². The monoisotopic (exact) mass is 509 g/mol. The second-order valence-corrected chi connectivity index (χ2v) is 11.2. The molecule has 3 unspecified atom stereocenters. The highest BCUT2D eigenvalue weighted by Gasteiger charge is 2.57. The Morgan fingerprint density at radius 3 is 2.79 bits per heavy atom. The summed E-state index contributed by atoms with van der Waals surface area (Å²) in [5.74, 6) is 1.73. The van der Waals surface area contributed by atoms with E-state index in [0.717, 1.165) is 72.1 Å². The number of nitroso groups, excluding NO2 is 1. The summed E-state index contributed by atoms with van der Waals surface area (Å²) in [5.41, 5.74) is 3.87. The highest BCUT2D eigenvalue weighted by atomic mass is 16.5. The zero-order valence-corrected chi connectivity index (χ0v) is 21.8. The van der Waals surface area contributed by atoms with Crippen molar-refractivity contribution in [2.45, 2.75) is 63.1 Å². The van der Waals surface area contributed by atoms with Crippen LogP contribution in [0, 0.1) is 22.2 Å². The minimum atomic E-state index is -0.0628. The van der Waals surface area contributed by atoms with Crippen LogP contribution in [0.2, 0.25) is 0 Å². The van der Waals surface area contributed by atoms with Gasteiger partial charge in [0, 0.05) is 49.0 Å². The molecule has 8 heteroatoms. The Labute approximate surface area is 222 Å². The number of rotatable bonds is 8. The van der Waals surface area contributed by atoms with Gasteiger partial charge in [-0.25, -0.2) is 4.98 Å². The van der Waals surface area contributed by atoms with Crippen molar-refractivity contribution in [3.8, 4) is 17.2 Å². The number of nitriles is 1. The second kappa shape index (κ2) is 9.32. The zero-order valence-electron chi connectivity index (χ0n) is 21.8. The molecule has 4 fully saturated rings. The summed E-state index contributed by atoms with van der Waals surface area (Å²) < 4.78 is 5.70. The van der Waals surface area contributed by atoms with Crippen LogP contribution in [0.5, 0.6) is 0 Å². The molecule has 1 aliphatic heterocycles. The van der Waals surface area contributed by atoms with Gasteiger partial charge in [-0.3, -0.25) is 4.98 Å². The van der Waals surface area contributed by atoms with Gasteiger partial charge in [0.1, 0.15) is 28.9 Å². The van der Waals surface area contributed by atoms with E-state index in [-0.39, 0.29) is 18.2 Å². The Morgan fingerprint density at radius 2 is 2.03 bits per heavy atom. The molecule has 2 aromatic heterocycles. The van der Waals surface area contributed by atoms with Crippen molar-refractivity contribution < 1.29 is 9.61 Å². The number of fused-ring (bicyclic) bond motifs is 1. The predicted octanol–water partition coefficient (Wildman–Crippen LogP) is 4.82. The van der Waals surface area contributed by atoms with Crippen LogP contribution in [-0.2, 0) is 4.74 Å². The standard InChI is InChI=1S/C30H33N6O2/c1-2-38-28-15-26(28)36(37)35-13-12-34(18-27(35)19-6-7-19)30-22(16-31)14-25(29(33-30)20-8-9-20)24-5-3-4-21-17-32-11-10-23(21)24/h3-5,10-11,14,17,19-20,26-28H,2,6-9,12-13,15,18H2,1H3/q+1. The molecule has 8 nitrogen and oxygen atoms in total. The molecule has 3 atom stereocenters. The number of anilines is 1. The molecule has 3 saturated carbocycles. The molecule has 0 bridgehead atoms. The fourth-order valence-corrected chi connectivity index (χ4v) is 6.17. The Bertz CT molecular complexity index is 1440. The number of ether oxygens (including phenoxy) is 1. The number of aromatic nitrogens is 2. The first-order valence-corrected chi connectivity index (χ1v) is 14.0. The minimum Gasteiger partial charge on any atom is -0.371 e. The molecule has 1 aromatic carbocycles. The van der Waals surface area contributed by atoms with E-state index >= 15 is 0 Å². The van der Waals surface area contributed by atoms with Crippen molar-refractivity contribution >= 4 is 16.6 Å². The van der Waals surface area contributed by atoms with Crippen molar-refractivity contribution in [3.63, 3.8) is 0 Å². The molecule has 1 saturated heterocycles. The molecule has 0 radical (unpaired) electrons. The lowest BCUT2D eigenvalue weighted by Crippen LogP contribution is -2.58. The van der Waals surface area contributed by atoms with Gasteiger partial charge < -0.3 is 9.64 Å². The first-order valence-electron chi connectivity index (χ1n) is 14.0. The van der Waals surface area contributed by atoms with Crippen LogP contribution in [0.4, 0.5) is 5.82 Å². The van der Waals surface area contributed by atoms with E-state index in [0.29, 0.717) is 37.1 Å². The van der Waals surface area contributed by atoms with E-state index in [4.69, 9.17) is 9.72 Å². The van der Waals surface area contributed by atoms with E-state index in [9.17, 15) is 10.2 Å². The number of hydrogen-bond acceptors (Lipinski definition) is 6. The van der Waals surface area contributed by atoms with Crippen LogP contribution < -0.4 is 4.90 Å². The van der Waals surface area contributed by atoms with Crippen molar-refractivity contribution in [1.29, 1.82) is 5.26 Å². The molecule has 3 aliphatic carbocycles. The molecule has 0 amide bonds. The summed E-state index contributed by atoms with van der Waals surface area (Å²) in [5, 5.41) is 14.5. The molecule has 38 heavy (non-hydrogen) atoms. The van der Waals surface area contributed by atoms with Gasteiger partial charge in [0.15, 0.2) is 0 Å². The average molecular weight is 510 g/mol. The summed E-state index contributed by atoms with van der Waals surface area (Å²) in [6, 6.07) is 12.9. The van der Waals surface area contributed by atoms with Crippen LogP contribution >= 0.6 is 0 Å². The third-order valence-corrected chi connectivity index (χ3v) is 8.56. The summed E-state index contributed by atoms with van der Waals surface area (Å²) >= 11 is 0. The van der Waals surface area contributed by atoms with E-state index in [1.807, 2.05) is 30.4 Å². The first kappa shape index (κ1) is 23.5. The van der Waals surface area contributed by atoms with Gasteiger partial charge in [0.05, 0.1) is 29.1 Å². The van der Waals surface area contributed by atoms with Crippen LogP contribution in [0.15, 0.2) is 42.7 Å². The predicted molar refractivity (Wildman–Crippen MR) is 145 cm³/mol. The molecule has 7 rings (SSSR count). The number of nitrogens with zero attached hydrogens (tertiary/aromatic N) is 6. The summed E-state index contributed by atoms with van der Waals surface area (Å²) in [6.07, 6.45) is 9.15. The van der Waals surface area contributed by atoms with Crippen molar-refractivity contribution in [3.05, 3.63) is 58.9 Å². The zero-order chi connectivity index (χ0) is 25.8. The van der Waals surface area contributed by atoms with Crippen LogP contribution in [0.1, 0.15) is 56.2 Å². The fraction of sp³-hybridized carbons (Fsp3) is 0.500. The smallest absolute Gasteiger partial charge is 0.263 e. The molecule has 194 valence electrons. The molecule has 3 heterocycles. The van der Waals surface area contributed by atoms with Crippen LogP contribution in [0.25, 0.3) is 21.9 Å². The van der Waals surface area contributed by atoms with Crippen molar-refractivity contribution in [2.75, 3.05) is 31.1 Å². The third kappa shape index (κ3) is 4.19. The normalized spacial score (nSPS) is 24.9. The maximum atomic E-state index is 13.3. The van der Waals surface area contributed by atoms with Gasteiger partial charge in [-0.1, -0.05) is 18.2 Å². The van der Waals surface area contributed by atoms with Gasteiger partial charge in [0.2, 0.25) is 0 Å². The quantitative estimate of drug-likeness (QED) is 0.403. The topological polar surface area (TPSA) is 85.4 Å². The number of benzene rings is 1. The van der Waals surface area contributed by atoms with Gasteiger partial charge in [-0.05, 0) is 61.6 Å². The number of hydrazine groups is 1. The number of hydrogen-bond donors (Lipinski definition) is 0. The SMILES string of the molecule is CCOC1CC1[N+](=O)N1CCN(c2nc(C3CC3)c(-c3cccc4cnccc34)cc2C#N)CC1C1CC1. The Kier molecular flexibility index (Phi) is 5.77. The van der Waals surface area contributed by atoms with Crippen LogP contribution in [0.3, 0.4) is 0 Å². The third-order valence-electron chi connectivity index (χ3n) is 8.56. The molecule has 0 N–H and O–H groups in total. The van der Waals surface area contributed by atoms with E-state index in [1.165, 1.54) is 4.87 Å². The Morgan fingerprint density at radius 1 is 1.16 bits per heavy atom. The Balaban J connectivity index is 1.22. The summed E-state index contributed by atoms with van der Waals surface area (Å²) in [4.78, 5) is 26.3. The van der Waals surface area contributed by atoms with Crippen molar-refractivity contribution in [2.24, 2.45) is 5.92 Å².